The van der Waals surface area contributed by atoms with E-state index in [0.29, 0.717) is 27.8 Å². The molecule has 0 radical (unpaired) electrons. The minimum Gasteiger partial charge on any atom is -0.375 e. The molecule has 1 atom stereocenters. The molecule has 1 aromatic rings. The number of rotatable bonds is 2. The first kappa shape index (κ1) is 17.3. The number of nitrogens with two attached hydrogens (primary N) is 1. The van der Waals surface area contributed by atoms with Crippen molar-refractivity contribution in [2.24, 2.45) is 10.7 Å². The number of aliphatic imine (C=N–C) groups is 1. The summed E-state index contributed by atoms with van der Waals surface area (Å²) in [6.07, 6.45) is 0.187. The maximum absolute atomic E-state index is 6.03. The fourth-order valence-electron chi connectivity index (χ4n) is 1.77. The zero-order chi connectivity index (χ0) is 13.1. The molecule has 2 N–H and O–H groups in total. The second-order valence-electron chi connectivity index (χ2n) is 4.15. The fraction of sp³-hybridized carbons (Fsp3) is 0.545. The Kier molecular flexibility index (Phi) is 7.17. The average Bonchev–Trinajstić information content (AvgIpc) is 2.65. The lowest BCUT2D eigenvalue weighted by Gasteiger charge is -2.31. The summed E-state index contributed by atoms with van der Waals surface area (Å²) in [5.74, 6) is 0.531. The molecule has 0 amide bonds. The quantitative estimate of drug-likeness (QED) is 0.440. The van der Waals surface area contributed by atoms with Crippen molar-refractivity contribution < 1.29 is 4.74 Å². The molecule has 8 heteroatoms. The zero-order valence-electron chi connectivity index (χ0n) is 10.4. The second kappa shape index (κ2) is 7.87. The third-order valence-corrected chi connectivity index (χ3v) is 4.27. The van der Waals surface area contributed by atoms with Crippen molar-refractivity contribution in [2.45, 2.75) is 19.6 Å². The van der Waals surface area contributed by atoms with Crippen LogP contribution in [0.3, 0.4) is 0 Å². The molecule has 1 aliphatic rings. The minimum atomic E-state index is 0. The summed E-state index contributed by atoms with van der Waals surface area (Å²) >= 11 is 13.2. The summed E-state index contributed by atoms with van der Waals surface area (Å²) < 4.78 is 6.80. The molecule has 1 aliphatic heterocycles. The van der Waals surface area contributed by atoms with Crippen molar-refractivity contribution in [3.63, 3.8) is 0 Å². The molecular weight excluding hydrogens is 420 g/mol. The molecule has 0 aromatic carbocycles. The van der Waals surface area contributed by atoms with Gasteiger partial charge in [-0.2, -0.15) is 0 Å². The number of hydrogen-bond acceptors (Lipinski definition) is 3. The van der Waals surface area contributed by atoms with Crippen molar-refractivity contribution in [2.75, 3.05) is 19.7 Å². The number of morpholine rings is 1. The summed E-state index contributed by atoms with van der Waals surface area (Å²) in [6.45, 7) is 4.71. The van der Waals surface area contributed by atoms with Crippen LogP contribution in [0.25, 0.3) is 0 Å². The Balaban J connectivity index is 0.00000180. The van der Waals surface area contributed by atoms with E-state index in [1.54, 1.807) is 0 Å². The Bertz CT molecular complexity index is 455. The summed E-state index contributed by atoms with van der Waals surface area (Å²) in [7, 11) is 0. The highest BCUT2D eigenvalue weighted by atomic mass is 127. The number of halogens is 3. The highest BCUT2D eigenvalue weighted by molar-refractivity contribution is 14.0. The van der Waals surface area contributed by atoms with Crippen LogP contribution in [0.15, 0.2) is 11.1 Å². The fourth-order valence-corrected chi connectivity index (χ4v) is 3.25. The second-order valence-corrected chi connectivity index (χ2v) is 6.44. The SMILES string of the molecule is CC1CN(C(N)=NCc2cc(Cl)sc2Cl)CCO1.I. The van der Waals surface area contributed by atoms with E-state index >= 15 is 0 Å². The number of thiophene rings is 1. The summed E-state index contributed by atoms with van der Waals surface area (Å²) in [4.78, 5) is 6.38. The van der Waals surface area contributed by atoms with Gasteiger partial charge in [-0.1, -0.05) is 23.2 Å². The molecule has 2 rings (SSSR count). The number of guanidine groups is 1. The van der Waals surface area contributed by atoms with Crippen LogP contribution >= 0.6 is 58.5 Å². The van der Waals surface area contributed by atoms with E-state index in [1.807, 2.05) is 17.9 Å². The van der Waals surface area contributed by atoms with Gasteiger partial charge in [0.15, 0.2) is 5.96 Å². The standard InChI is InChI=1S/C11H15Cl2N3OS.HI/c1-7-6-16(2-3-17-7)11(14)15-5-8-4-9(12)18-10(8)13;/h4,7H,2-3,5-6H2,1H3,(H2,14,15);1H. The van der Waals surface area contributed by atoms with Gasteiger partial charge in [0.1, 0.15) is 0 Å². The van der Waals surface area contributed by atoms with Crippen LogP contribution in [-0.4, -0.2) is 36.7 Å². The Morgan fingerprint density at radius 1 is 1.63 bits per heavy atom. The van der Waals surface area contributed by atoms with Crippen LogP contribution in [0.4, 0.5) is 0 Å². The lowest BCUT2D eigenvalue weighted by atomic mass is 10.3. The number of nitrogens with zero attached hydrogens (tertiary/aromatic N) is 2. The van der Waals surface area contributed by atoms with Gasteiger partial charge in [0, 0.05) is 18.7 Å². The molecule has 108 valence electrons. The highest BCUT2D eigenvalue weighted by Crippen LogP contribution is 2.31. The molecule has 0 bridgehead atoms. The Labute approximate surface area is 143 Å². The van der Waals surface area contributed by atoms with Crippen molar-refractivity contribution in [1.82, 2.24) is 4.90 Å². The van der Waals surface area contributed by atoms with Gasteiger partial charge in [0.05, 0.1) is 27.9 Å². The highest BCUT2D eigenvalue weighted by Gasteiger charge is 2.18. The Morgan fingerprint density at radius 2 is 2.37 bits per heavy atom. The van der Waals surface area contributed by atoms with Crippen LogP contribution in [-0.2, 0) is 11.3 Å². The number of ether oxygens (including phenoxy) is 1. The molecule has 19 heavy (non-hydrogen) atoms. The van der Waals surface area contributed by atoms with Gasteiger partial charge in [0.25, 0.3) is 0 Å². The predicted octanol–water partition coefficient (Wildman–Crippen LogP) is 3.21. The zero-order valence-corrected chi connectivity index (χ0v) is 15.1. The van der Waals surface area contributed by atoms with Gasteiger partial charge in [-0.3, -0.25) is 0 Å². The van der Waals surface area contributed by atoms with Crippen LogP contribution in [0.5, 0.6) is 0 Å². The van der Waals surface area contributed by atoms with Crippen LogP contribution < -0.4 is 5.73 Å². The molecule has 2 heterocycles. The minimum absolute atomic E-state index is 0. The lowest BCUT2D eigenvalue weighted by molar-refractivity contribution is 0.00529. The van der Waals surface area contributed by atoms with E-state index in [0.717, 1.165) is 18.7 Å². The average molecular weight is 436 g/mol. The third kappa shape index (κ3) is 4.93. The van der Waals surface area contributed by atoms with Gasteiger partial charge in [-0.05, 0) is 13.0 Å². The molecule has 1 aromatic heterocycles. The molecular formula is C11H16Cl2IN3OS. The van der Waals surface area contributed by atoms with Gasteiger partial charge in [-0.25, -0.2) is 4.99 Å². The van der Waals surface area contributed by atoms with Crippen LogP contribution in [0.1, 0.15) is 12.5 Å². The smallest absolute Gasteiger partial charge is 0.191 e. The van der Waals surface area contributed by atoms with E-state index in [-0.39, 0.29) is 30.1 Å². The first-order valence-corrected chi connectivity index (χ1v) is 7.23. The van der Waals surface area contributed by atoms with Gasteiger partial charge in [0.2, 0.25) is 0 Å². The van der Waals surface area contributed by atoms with Crippen molar-refractivity contribution in [1.29, 1.82) is 0 Å². The third-order valence-electron chi connectivity index (χ3n) is 2.70. The summed E-state index contributed by atoms with van der Waals surface area (Å²) in [5, 5.41) is 0. The topological polar surface area (TPSA) is 50.8 Å². The first-order chi connectivity index (χ1) is 8.56. The molecule has 0 spiro atoms. The molecule has 1 fully saturated rings. The molecule has 1 saturated heterocycles. The summed E-state index contributed by atoms with van der Waals surface area (Å²) in [6, 6.07) is 1.83. The van der Waals surface area contributed by atoms with Gasteiger partial charge >= 0.3 is 0 Å². The van der Waals surface area contributed by atoms with Crippen molar-refractivity contribution in [3.8, 4) is 0 Å². The normalized spacial score (nSPS) is 20.3. The van der Waals surface area contributed by atoms with E-state index in [9.17, 15) is 0 Å². The van der Waals surface area contributed by atoms with Crippen LogP contribution in [0, 0.1) is 0 Å². The Hall–Kier alpha value is 0.240. The number of hydrogen-bond donors (Lipinski definition) is 1. The Morgan fingerprint density at radius 3 is 2.95 bits per heavy atom. The summed E-state index contributed by atoms with van der Waals surface area (Å²) in [5.41, 5.74) is 6.88. The maximum Gasteiger partial charge on any atom is 0.191 e. The largest absolute Gasteiger partial charge is 0.375 e. The molecule has 1 unspecified atom stereocenters. The van der Waals surface area contributed by atoms with E-state index in [4.69, 9.17) is 33.7 Å². The van der Waals surface area contributed by atoms with Crippen molar-refractivity contribution >= 4 is 64.5 Å². The first-order valence-electron chi connectivity index (χ1n) is 5.66. The van der Waals surface area contributed by atoms with Crippen LogP contribution in [0.2, 0.25) is 8.67 Å². The maximum atomic E-state index is 6.03. The monoisotopic (exact) mass is 435 g/mol. The molecule has 4 nitrogen and oxygen atoms in total. The van der Waals surface area contributed by atoms with Gasteiger partial charge < -0.3 is 15.4 Å². The van der Waals surface area contributed by atoms with E-state index in [1.165, 1.54) is 11.3 Å². The lowest BCUT2D eigenvalue weighted by Crippen LogP contribution is -2.47. The van der Waals surface area contributed by atoms with Gasteiger partial charge in [-0.15, -0.1) is 35.3 Å². The molecule has 0 saturated carbocycles. The predicted molar refractivity (Wildman–Crippen MR) is 92.1 cm³/mol. The van der Waals surface area contributed by atoms with E-state index < -0.39 is 0 Å². The van der Waals surface area contributed by atoms with Crippen molar-refractivity contribution in [3.05, 3.63) is 20.3 Å². The van der Waals surface area contributed by atoms with E-state index in [2.05, 4.69) is 4.99 Å². The molecule has 0 aliphatic carbocycles.